The Bertz CT molecular complexity index is 1440. The fraction of sp³-hybridized carbons (Fsp3) is 0.179. The van der Waals surface area contributed by atoms with Gasteiger partial charge in [0.15, 0.2) is 5.11 Å². The second-order valence-corrected chi connectivity index (χ2v) is 8.70. The van der Waals surface area contributed by atoms with Crippen molar-refractivity contribution in [2.24, 2.45) is 0 Å². The number of furan rings is 1. The Kier molecular flexibility index (Phi) is 6.78. The molecule has 0 spiro atoms. The van der Waals surface area contributed by atoms with Crippen molar-refractivity contribution in [3.63, 3.8) is 0 Å². The van der Waals surface area contributed by atoms with Crippen molar-refractivity contribution in [1.29, 1.82) is 0 Å². The molecule has 1 aliphatic heterocycles. The van der Waals surface area contributed by atoms with Gasteiger partial charge in [0.1, 0.15) is 29.1 Å². The molecule has 1 saturated heterocycles. The largest absolute Gasteiger partial charge is 0.497 e. The number of nitrogens with one attached hydrogen (secondary N) is 1. The fourth-order valence-electron chi connectivity index (χ4n) is 4.47. The Hall–Kier alpha value is -4.37. The van der Waals surface area contributed by atoms with Crippen LogP contribution in [0.1, 0.15) is 33.9 Å². The Balaban J connectivity index is 1.60. The van der Waals surface area contributed by atoms with E-state index in [-0.39, 0.29) is 12.1 Å². The first-order valence-electron chi connectivity index (χ1n) is 11.5. The number of benzene rings is 2. The van der Waals surface area contributed by atoms with Crippen LogP contribution in [0.15, 0.2) is 83.4 Å². The summed E-state index contributed by atoms with van der Waals surface area (Å²) >= 11 is 5.81. The zero-order valence-electron chi connectivity index (χ0n) is 20.5. The molecule has 188 valence electrons. The third-order valence-corrected chi connectivity index (χ3v) is 6.55. The first-order chi connectivity index (χ1) is 18.0. The summed E-state index contributed by atoms with van der Waals surface area (Å²) in [4.78, 5) is 18.6. The Labute approximate surface area is 219 Å². The van der Waals surface area contributed by atoms with Crippen molar-refractivity contribution in [1.82, 2.24) is 10.3 Å². The van der Waals surface area contributed by atoms with Crippen molar-refractivity contribution < 1.29 is 23.4 Å². The van der Waals surface area contributed by atoms with Crippen LogP contribution < -0.4 is 19.7 Å². The third-order valence-electron chi connectivity index (χ3n) is 6.23. The number of esters is 1. The van der Waals surface area contributed by atoms with Crippen LogP contribution in [-0.2, 0) is 4.74 Å². The van der Waals surface area contributed by atoms with Crippen LogP contribution in [0.3, 0.4) is 0 Å². The van der Waals surface area contributed by atoms with E-state index in [1.165, 1.54) is 7.11 Å². The van der Waals surface area contributed by atoms with Gasteiger partial charge in [-0.1, -0.05) is 18.2 Å². The number of nitrogens with zero attached hydrogens (tertiary/aromatic N) is 2. The number of thiocarbonyl (C=S) groups is 1. The Morgan fingerprint density at radius 1 is 1.00 bits per heavy atom. The summed E-state index contributed by atoms with van der Waals surface area (Å²) in [6.45, 7) is 0. The molecular formula is C28H25N3O5S. The minimum atomic E-state index is -0.410. The molecule has 8 nitrogen and oxygen atoms in total. The van der Waals surface area contributed by atoms with Crippen molar-refractivity contribution in [2.75, 3.05) is 26.2 Å². The van der Waals surface area contributed by atoms with E-state index in [1.807, 2.05) is 59.5 Å². The zero-order chi connectivity index (χ0) is 25.9. The summed E-state index contributed by atoms with van der Waals surface area (Å²) in [5.74, 6) is 2.14. The van der Waals surface area contributed by atoms with Gasteiger partial charge in [0.05, 0.1) is 44.3 Å². The number of carbonyl (C=O) groups is 1. The minimum Gasteiger partial charge on any atom is -0.497 e. The number of rotatable bonds is 7. The molecule has 0 bridgehead atoms. The van der Waals surface area contributed by atoms with Gasteiger partial charge in [-0.2, -0.15) is 0 Å². The molecule has 3 heterocycles. The predicted octanol–water partition coefficient (Wildman–Crippen LogP) is 5.32. The SMILES string of the molecule is COC(=O)c1cccc(-c2ccc([C@@H]3[C@@H](c4ccccn4)NC(=S)N3c3ccc(OC)cc3OC)o2)c1. The van der Waals surface area contributed by atoms with Gasteiger partial charge in [0, 0.05) is 17.8 Å². The molecule has 0 unspecified atom stereocenters. The topological polar surface area (TPSA) is 86.1 Å². The van der Waals surface area contributed by atoms with E-state index >= 15 is 0 Å². The van der Waals surface area contributed by atoms with Crippen LogP contribution in [0.4, 0.5) is 5.69 Å². The normalized spacial score (nSPS) is 16.8. The number of carbonyl (C=O) groups excluding carboxylic acids is 1. The second-order valence-electron chi connectivity index (χ2n) is 8.31. The lowest BCUT2D eigenvalue weighted by molar-refractivity contribution is 0.0601. The molecule has 5 rings (SSSR count). The number of hydrogen-bond acceptors (Lipinski definition) is 7. The molecule has 2 atom stereocenters. The lowest BCUT2D eigenvalue weighted by Gasteiger charge is -2.27. The van der Waals surface area contributed by atoms with Gasteiger partial charge in [-0.3, -0.25) is 4.98 Å². The second kappa shape index (κ2) is 10.3. The molecule has 9 heteroatoms. The fourth-order valence-corrected chi connectivity index (χ4v) is 4.81. The lowest BCUT2D eigenvalue weighted by Crippen LogP contribution is -2.29. The van der Waals surface area contributed by atoms with Gasteiger partial charge in [0.25, 0.3) is 0 Å². The number of aromatic nitrogens is 1. The van der Waals surface area contributed by atoms with Crippen molar-refractivity contribution in [3.05, 3.63) is 96.0 Å². The smallest absolute Gasteiger partial charge is 0.337 e. The lowest BCUT2D eigenvalue weighted by atomic mass is 10.0. The highest BCUT2D eigenvalue weighted by molar-refractivity contribution is 7.80. The van der Waals surface area contributed by atoms with Crippen LogP contribution in [0.25, 0.3) is 11.3 Å². The van der Waals surface area contributed by atoms with Gasteiger partial charge in [-0.15, -0.1) is 0 Å². The van der Waals surface area contributed by atoms with E-state index in [1.54, 1.807) is 38.6 Å². The van der Waals surface area contributed by atoms with Gasteiger partial charge >= 0.3 is 5.97 Å². The summed E-state index contributed by atoms with van der Waals surface area (Å²) < 4.78 is 22.3. The molecule has 0 radical (unpaired) electrons. The Morgan fingerprint density at radius 2 is 1.86 bits per heavy atom. The van der Waals surface area contributed by atoms with Gasteiger partial charge in [0.2, 0.25) is 0 Å². The van der Waals surface area contributed by atoms with Gasteiger partial charge in [-0.25, -0.2) is 4.79 Å². The summed E-state index contributed by atoms with van der Waals surface area (Å²) in [5, 5.41) is 3.92. The third kappa shape index (κ3) is 4.61. The highest BCUT2D eigenvalue weighted by Gasteiger charge is 2.43. The molecule has 1 N–H and O–H groups in total. The molecule has 0 aliphatic carbocycles. The van der Waals surface area contributed by atoms with Crippen LogP contribution in [-0.4, -0.2) is 37.4 Å². The maximum atomic E-state index is 12.0. The molecule has 0 saturated carbocycles. The van der Waals surface area contributed by atoms with Crippen molar-refractivity contribution >= 4 is 29.0 Å². The number of pyridine rings is 1. The molecule has 0 amide bonds. The zero-order valence-corrected chi connectivity index (χ0v) is 21.3. The van der Waals surface area contributed by atoms with E-state index in [0.717, 1.165) is 16.9 Å². The number of methoxy groups -OCH3 is 3. The highest BCUT2D eigenvalue weighted by atomic mass is 32.1. The quantitative estimate of drug-likeness (QED) is 0.259. The highest BCUT2D eigenvalue weighted by Crippen LogP contribution is 2.46. The summed E-state index contributed by atoms with van der Waals surface area (Å²) in [7, 11) is 4.57. The van der Waals surface area contributed by atoms with E-state index in [4.69, 9.17) is 30.8 Å². The predicted molar refractivity (Wildman–Crippen MR) is 143 cm³/mol. The van der Waals surface area contributed by atoms with E-state index < -0.39 is 5.97 Å². The molecule has 1 fully saturated rings. The van der Waals surface area contributed by atoms with Crippen LogP contribution in [0.5, 0.6) is 11.5 Å². The monoisotopic (exact) mass is 515 g/mol. The summed E-state index contributed by atoms with van der Waals surface area (Å²) in [6.07, 6.45) is 1.75. The summed E-state index contributed by atoms with van der Waals surface area (Å²) in [5.41, 5.74) is 2.77. The molecule has 1 aliphatic rings. The van der Waals surface area contributed by atoms with Crippen LogP contribution >= 0.6 is 12.2 Å². The Morgan fingerprint density at radius 3 is 2.59 bits per heavy atom. The maximum Gasteiger partial charge on any atom is 0.337 e. The van der Waals surface area contributed by atoms with Gasteiger partial charge in [-0.05, 0) is 60.7 Å². The minimum absolute atomic E-state index is 0.291. The molecule has 4 aromatic rings. The van der Waals surface area contributed by atoms with E-state index in [2.05, 4.69) is 10.3 Å². The first-order valence-corrected chi connectivity index (χ1v) is 12.0. The van der Waals surface area contributed by atoms with Crippen molar-refractivity contribution in [3.8, 4) is 22.8 Å². The molecule has 2 aromatic heterocycles. The number of anilines is 1. The molecule has 37 heavy (non-hydrogen) atoms. The molecule has 2 aromatic carbocycles. The molecular weight excluding hydrogens is 490 g/mol. The maximum absolute atomic E-state index is 12.0. The summed E-state index contributed by atoms with van der Waals surface area (Å²) in [6, 6.07) is 21.6. The van der Waals surface area contributed by atoms with Gasteiger partial charge < -0.3 is 28.8 Å². The van der Waals surface area contributed by atoms with Crippen LogP contribution in [0.2, 0.25) is 0 Å². The standard InChI is InChI=1S/C28H25N3O5S/c1-33-19-10-11-21(24(16-19)34-2)31-26(25(30-28(31)37)20-9-4-5-14-29-20)23-13-12-22(36-23)17-7-6-8-18(15-17)27(32)35-3/h4-16,25-26H,1-3H3,(H,30,37)/t25-,26-/m1/s1. The van der Waals surface area contributed by atoms with E-state index in [9.17, 15) is 4.79 Å². The van der Waals surface area contributed by atoms with Crippen LogP contribution in [0, 0.1) is 0 Å². The average Bonchev–Trinajstić information content (AvgIpc) is 3.57. The van der Waals surface area contributed by atoms with E-state index in [0.29, 0.717) is 33.7 Å². The first kappa shape index (κ1) is 24.3. The number of ether oxygens (including phenoxy) is 3. The van der Waals surface area contributed by atoms with Crippen molar-refractivity contribution in [2.45, 2.75) is 12.1 Å². The average molecular weight is 516 g/mol. The number of hydrogen-bond donors (Lipinski definition) is 1.